The number of carbonyl (C=O) groups is 3. The van der Waals surface area contributed by atoms with E-state index in [1.165, 1.54) is 37.6 Å². The summed E-state index contributed by atoms with van der Waals surface area (Å²) in [7, 11) is 1.28. The molecule has 0 saturated carbocycles. The van der Waals surface area contributed by atoms with Crippen molar-refractivity contribution in [2.24, 2.45) is 5.10 Å². The van der Waals surface area contributed by atoms with Crippen molar-refractivity contribution in [1.82, 2.24) is 5.43 Å². The lowest BCUT2D eigenvalue weighted by atomic mass is 10.2. The maximum Gasteiger partial charge on any atom is 0.337 e. The molecule has 2 aromatic carbocycles. The molecule has 0 heterocycles. The molecular weight excluding hydrogens is 310 g/mol. The molecule has 0 atom stereocenters. The minimum Gasteiger partial charge on any atom is -0.465 e. The minimum absolute atomic E-state index is 0.340. The van der Waals surface area contributed by atoms with E-state index < -0.39 is 17.8 Å². The Morgan fingerprint density at radius 2 is 1.62 bits per heavy atom. The van der Waals surface area contributed by atoms with Crippen molar-refractivity contribution in [3.8, 4) is 0 Å². The van der Waals surface area contributed by atoms with Gasteiger partial charge in [0, 0.05) is 5.69 Å². The molecule has 2 N–H and O–H groups in total. The second-order valence-corrected chi connectivity index (χ2v) is 4.63. The third-order valence-corrected chi connectivity index (χ3v) is 2.95. The lowest BCUT2D eigenvalue weighted by Crippen LogP contribution is -2.32. The summed E-state index contributed by atoms with van der Waals surface area (Å²) in [5.41, 5.74) is 3.63. The summed E-state index contributed by atoms with van der Waals surface area (Å²) in [6.45, 7) is 0. The van der Waals surface area contributed by atoms with Crippen LogP contribution in [0, 0.1) is 0 Å². The minimum atomic E-state index is -0.903. The predicted molar refractivity (Wildman–Crippen MR) is 88.6 cm³/mol. The van der Waals surface area contributed by atoms with Gasteiger partial charge in [-0.25, -0.2) is 10.2 Å². The van der Waals surface area contributed by atoms with E-state index in [-0.39, 0.29) is 0 Å². The van der Waals surface area contributed by atoms with Gasteiger partial charge in [0.05, 0.1) is 18.9 Å². The maximum atomic E-state index is 11.7. The van der Waals surface area contributed by atoms with Crippen molar-refractivity contribution < 1.29 is 19.1 Å². The van der Waals surface area contributed by atoms with Gasteiger partial charge in [0.2, 0.25) is 0 Å². The molecule has 0 unspecified atom stereocenters. The highest BCUT2D eigenvalue weighted by Crippen LogP contribution is 2.10. The Kier molecular flexibility index (Phi) is 5.79. The molecule has 7 nitrogen and oxygen atoms in total. The summed E-state index contributed by atoms with van der Waals surface area (Å²) < 4.78 is 4.57. The number of anilines is 1. The zero-order valence-corrected chi connectivity index (χ0v) is 12.9. The van der Waals surface area contributed by atoms with Crippen LogP contribution in [-0.4, -0.2) is 31.1 Å². The smallest absolute Gasteiger partial charge is 0.337 e. The van der Waals surface area contributed by atoms with Crippen LogP contribution < -0.4 is 10.7 Å². The Morgan fingerprint density at radius 3 is 2.25 bits per heavy atom. The van der Waals surface area contributed by atoms with Gasteiger partial charge in [0.25, 0.3) is 0 Å². The van der Waals surface area contributed by atoms with Gasteiger partial charge >= 0.3 is 17.8 Å². The third kappa shape index (κ3) is 4.77. The van der Waals surface area contributed by atoms with Crippen LogP contribution in [-0.2, 0) is 14.3 Å². The molecule has 0 radical (unpaired) electrons. The topological polar surface area (TPSA) is 96.9 Å². The number of nitrogens with zero attached hydrogens (tertiary/aromatic N) is 1. The van der Waals surface area contributed by atoms with Gasteiger partial charge in [-0.15, -0.1) is 0 Å². The zero-order chi connectivity index (χ0) is 17.4. The molecule has 2 aromatic rings. The second kappa shape index (κ2) is 8.23. The van der Waals surface area contributed by atoms with E-state index in [0.717, 1.165) is 5.56 Å². The SMILES string of the molecule is COC(=O)c1ccc(NC(=O)C(=O)N/N=C/c2ccccc2)cc1. The molecule has 0 aliphatic carbocycles. The molecule has 0 spiro atoms. The summed E-state index contributed by atoms with van der Waals surface area (Å²) in [6, 6.07) is 15.1. The Bertz CT molecular complexity index is 755. The predicted octanol–water partition coefficient (Wildman–Crippen LogP) is 1.56. The number of esters is 1. The van der Waals surface area contributed by atoms with Crippen LogP contribution >= 0.6 is 0 Å². The molecule has 122 valence electrons. The van der Waals surface area contributed by atoms with E-state index in [1.54, 1.807) is 12.1 Å². The third-order valence-electron chi connectivity index (χ3n) is 2.95. The monoisotopic (exact) mass is 325 g/mol. The largest absolute Gasteiger partial charge is 0.465 e. The van der Waals surface area contributed by atoms with E-state index in [2.05, 4.69) is 20.6 Å². The van der Waals surface area contributed by atoms with Crippen molar-refractivity contribution in [2.45, 2.75) is 0 Å². The summed E-state index contributed by atoms with van der Waals surface area (Å²) in [6.07, 6.45) is 1.43. The highest BCUT2D eigenvalue weighted by molar-refractivity contribution is 6.39. The molecule has 0 aliphatic heterocycles. The fourth-order valence-electron chi connectivity index (χ4n) is 1.75. The first kappa shape index (κ1) is 16.9. The molecule has 24 heavy (non-hydrogen) atoms. The van der Waals surface area contributed by atoms with Gasteiger partial charge in [-0.1, -0.05) is 30.3 Å². The van der Waals surface area contributed by atoms with E-state index in [9.17, 15) is 14.4 Å². The number of carbonyl (C=O) groups excluding carboxylic acids is 3. The van der Waals surface area contributed by atoms with Crippen molar-refractivity contribution in [2.75, 3.05) is 12.4 Å². The van der Waals surface area contributed by atoms with Gasteiger partial charge in [-0.2, -0.15) is 5.10 Å². The van der Waals surface area contributed by atoms with Gasteiger partial charge < -0.3 is 10.1 Å². The Morgan fingerprint density at radius 1 is 0.958 bits per heavy atom. The van der Waals surface area contributed by atoms with Gasteiger partial charge in [-0.05, 0) is 29.8 Å². The van der Waals surface area contributed by atoms with E-state index >= 15 is 0 Å². The fourth-order valence-corrected chi connectivity index (χ4v) is 1.75. The van der Waals surface area contributed by atoms with Gasteiger partial charge in [0.1, 0.15) is 0 Å². The van der Waals surface area contributed by atoms with Crippen LogP contribution in [0.3, 0.4) is 0 Å². The number of methoxy groups -OCH3 is 1. The normalized spacial score (nSPS) is 10.2. The molecule has 0 aromatic heterocycles. The van der Waals surface area contributed by atoms with Gasteiger partial charge in [-0.3, -0.25) is 9.59 Å². The van der Waals surface area contributed by atoms with Crippen LogP contribution in [0.5, 0.6) is 0 Å². The van der Waals surface area contributed by atoms with Crippen molar-refractivity contribution >= 4 is 29.7 Å². The van der Waals surface area contributed by atoms with Crippen LogP contribution in [0.2, 0.25) is 0 Å². The summed E-state index contributed by atoms with van der Waals surface area (Å²) >= 11 is 0. The molecule has 0 saturated heterocycles. The molecule has 2 rings (SSSR count). The lowest BCUT2D eigenvalue weighted by molar-refractivity contribution is -0.136. The first-order valence-corrected chi connectivity index (χ1v) is 6.98. The molecule has 0 bridgehead atoms. The van der Waals surface area contributed by atoms with Gasteiger partial charge in [0.15, 0.2) is 0 Å². The number of hydrogen-bond donors (Lipinski definition) is 2. The van der Waals surface area contributed by atoms with E-state index in [1.807, 2.05) is 18.2 Å². The molecule has 2 amide bonds. The average molecular weight is 325 g/mol. The van der Waals surface area contributed by atoms with Crippen LogP contribution in [0.4, 0.5) is 5.69 Å². The quantitative estimate of drug-likeness (QED) is 0.386. The number of benzene rings is 2. The number of hydrogen-bond acceptors (Lipinski definition) is 5. The summed E-state index contributed by atoms with van der Waals surface area (Å²) in [5, 5.41) is 6.10. The average Bonchev–Trinajstić information content (AvgIpc) is 2.62. The standard InChI is InChI=1S/C17H15N3O4/c1-24-17(23)13-7-9-14(10-8-13)19-15(21)16(22)20-18-11-12-5-3-2-4-6-12/h2-11H,1H3,(H,19,21)(H,20,22)/b18-11+. The summed E-state index contributed by atoms with van der Waals surface area (Å²) in [4.78, 5) is 34.7. The second-order valence-electron chi connectivity index (χ2n) is 4.63. The molecule has 0 aliphatic rings. The van der Waals surface area contributed by atoms with E-state index in [4.69, 9.17) is 0 Å². The van der Waals surface area contributed by atoms with Crippen LogP contribution in [0.1, 0.15) is 15.9 Å². The Labute approximate surface area is 138 Å². The first-order chi connectivity index (χ1) is 11.6. The number of amides is 2. The van der Waals surface area contributed by atoms with Crippen molar-refractivity contribution in [3.05, 3.63) is 65.7 Å². The molecule has 7 heteroatoms. The molecule has 0 fully saturated rings. The van der Waals surface area contributed by atoms with Crippen molar-refractivity contribution in [3.63, 3.8) is 0 Å². The fraction of sp³-hybridized carbons (Fsp3) is 0.0588. The number of ether oxygens (including phenoxy) is 1. The first-order valence-electron chi connectivity index (χ1n) is 6.98. The highest BCUT2D eigenvalue weighted by atomic mass is 16.5. The van der Waals surface area contributed by atoms with Crippen LogP contribution in [0.15, 0.2) is 59.7 Å². The van der Waals surface area contributed by atoms with E-state index in [0.29, 0.717) is 11.3 Å². The Hall–Kier alpha value is -3.48. The summed E-state index contributed by atoms with van der Waals surface area (Å²) in [5.74, 6) is -2.26. The molecular formula is C17H15N3O4. The van der Waals surface area contributed by atoms with Crippen molar-refractivity contribution in [1.29, 1.82) is 0 Å². The lowest BCUT2D eigenvalue weighted by Gasteiger charge is -2.05. The Balaban J connectivity index is 1.88. The number of hydrazone groups is 1. The zero-order valence-electron chi connectivity index (χ0n) is 12.9. The highest BCUT2D eigenvalue weighted by Gasteiger charge is 2.13. The van der Waals surface area contributed by atoms with Crippen LogP contribution in [0.25, 0.3) is 0 Å². The number of nitrogens with one attached hydrogen (secondary N) is 2. The number of rotatable bonds is 4. The maximum absolute atomic E-state index is 11.7.